The van der Waals surface area contributed by atoms with E-state index in [1.165, 1.54) is 44.9 Å². The second-order valence-electron chi connectivity index (χ2n) is 8.95. The van der Waals surface area contributed by atoms with Crippen molar-refractivity contribution < 1.29 is 9.47 Å². The SMILES string of the molecule is COCO[C@H]1CC[C@@H]2[C@H](CC[C@@H]3C[C@]4(C)C(C#N)=CC[C@H]4C[C@H]32)C1. The van der Waals surface area contributed by atoms with Crippen LogP contribution in [0.2, 0.25) is 0 Å². The molecule has 4 aliphatic rings. The first kappa shape index (κ1) is 16.6. The number of ether oxygens (including phenoxy) is 2. The summed E-state index contributed by atoms with van der Waals surface area (Å²) in [5.74, 6) is 4.22. The monoisotopic (exact) mass is 329 g/mol. The van der Waals surface area contributed by atoms with Gasteiger partial charge in [0.25, 0.3) is 0 Å². The first-order valence-corrected chi connectivity index (χ1v) is 9.87. The summed E-state index contributed by atoms with van der Waals surface area (Å²) in [4.78, 5) is 0. The summed E-state index contributed by atoms with van der Waals surface area (Å²) in [5, 5.41) is 9.51. The van der Waals surface area contributed by atoms with E-state index in [1.54, 1.807) is 7.11 Å². The highest BCUT2D eigenvalue weighted by Gasteiger charge is 2.53. The van der Waals surface area contributed by atoms with Gasteiger partial charge in [0.1, 0.15) is 6.79 Å². The Bertz CT molecular complexity index is 551. The van der Waals surface area contributed by atoms with Gasteiger partial charge < -0.3 is 9.47 Å². The smallest absolute Gasteiger partial charge is 0.146 e. The van der Waals surface area contributed by atoms with E-state index in [0.29, 0.717) is 12.9 Å². The minimum Gasteiger partial charge on any atom is -0.359 e. The Kier molecular flexibility index (Phi) is 4.47. The standard InChI is InChI=1S/C21H31NO2/c1-21-11-15-4-3-14-9-18(24-13-23-2)7-8-19(14)20(15)10-16(21)5-6-17(21)12-22/h6,14-16,18-20H,3-5,7-11,13H2,1-2H3/t14-,15-,16+,18+,19-,20-,21+/m1/s1. The Morgan fingerprint density at radius 2 is 2.00 bits per heavy atom. The first-order valence-electron chi connectivity index (χ1n) is 9.87. The number of hydrogen-bond donors (Lipinski definition) is 0. The van der Waals surface area contributed by atoms with Crippen LogP contribution >= 0.6 is 0 Å². The normalized spacial score (nSPS) is 47.1. The Labute approximate surface area is 146 Å². The fourth-order valence-corrected chi connectivity index (χ4v) is 6.72. The van der Waals surface area contributed by atoms with Crippen molar-refractivity contribution in [3.63, 3.8) is 0 Å². The molecule has 24 heavy (non-hydrogen) atoms. The molecule has 3 saturated carbocycles. The molecule has 0 spiro atoms. The predicted octanol–water partition coefficient (Wildman–Crippen LogP) is 4.69. The zero-order valence-electron chi connectivity index (χ0n) is 15.2. The second kappa shape index (κ2) is 6.46. The molecule has 0 aliphatic heterocycles. The van der Waals surface area contributed by atoms with Crippen molar-refractivity contribution in [1.82, 2.24) is 0 Å². The highest BCUT2D eigenvalue weighted by atomic mass is 16.7. The van der Waals surface area contributed by atoms with Crippen molar-refractivity contribution in [1.29, 1.82) is 5.26 Å². The zero-order chi connectivity index (χ0) is 16.7. The van der Waals surface area contributed by atoms with E-state index >= 15 is 0 Å². The lowest BCUT2D eigenvalue weighted by atomic mass is 9.51. The number of fused-ring (bicyclic) bond motifs is 4. The molecule has 3 nitrogen and oxygen atoms in total. The first-order chi connectivity index (χ1) is 11.7. The number of hydrogen-bond acceptors (Lipinski definition) is 3. The lowest BCUT2D eigenvalue weighted by Gasteiger charge is -2.54. The van der Waals surface area contributed by atoms with Crippen molar-refractivity contribution >= 4 is 0 Å². The summed E-state index contributed by atoms with van der Waals surface area (Å²) in [7, 11) is 1.71. The average Bonchev–Trinajstić information content (AvgIpc) is 2.92. The van der Waals surface area contributed by atoms with Gasteiger partial charge in [-0.05, 0) is 81.0 Å². The molecule has 0 aromatic carbocycles. The zero-order valence-corrected chi connectivity index (χ0v) is 15.2. The molecular formula is C21H31NO2. The third-order valence-corrected chi connectivity index (χ3v) is 7.96. The number of nitriles is 1. The molecule has 0 unspecified atom stereocenters. The Hall–Kier alpha value is -0.850. The molecule has 0 heterocycles. The fraction of sp³-hybridized carbons (Fsp3) is 0.857. The molecule has 3 fully saturated rings. The van der Waals surface area contributed by atoms with Gasteiger partial charge in [-0.1, -0.05) is 13.0 Å². The van der Waals surface area contributed by atoms with Crippen LogP contribution in [0.5, 0.6) is 0 Å². The van der Waals surface area contributed by atoms with E-state index in [1.807, 2.05) is 0 Å². The van der Waals surface area contributed by atoms with Crippen LogP contribution in [-0.4, -0.2) is 20.0 Å². The summed E-state index contributed by atoms with van der Waals surface area (Å²) in [5.41, 5.74) is 1.27. The third-order valence-electron chi connectivity index (χ3n) is 7.96. The summed E-state index contributed by atoms with van der Waals surface area (Å²) in [6.07, 6.45) is 12.9. The van der Waals surface area contributed by atoms with E-state index < -0.39 is 0 Å². The van der Waals surface area contributed by atoms with Crippen LogP contribution in [0.3, 0.4) is 0 Å². The molecule has 3 heteroatoms. The topological polar surface area (TPSA) is 42.2 Å². The van der Waals surface area contributed by atoms with Crippen LogP contribution in [0.4, 0.5) is 0 Å². The van der Waals surface area contributed by atoms with E-state index in [9.17, 15) is 5.26 Å². The third kappa shape index (κ3) is 2.63. The minimum absolute atomic E-state index is 0.182. The summed E-state index contributed by atoms with van der Waals surface area (Å²) < 4.78 is 11.0. The average molecular weight is 329 g/mol. The predicted molar refractivity (Wildman–Crippen MR) is 92.9 cm³/mol. The molecule has 0 radical (unpaired) electrons. The Balaban J connectivity index is 1.45. The van der Waals surface area contributed by atoms with Gasteiger partial charge in [0.05, 0.1) is 12.2 Å². The molecule has 132 valence electrons. The van der Waals surface area contributed by atoms with Crippen LogP contribution in [0.25, 0.3) is 0 Å². The van der Waals surface area contributed by atoms with Crippen LogP contribution in [0.15, 0.2) is 11.6 Å². The molecule has 0 saturated heterocycles. The van der Waals surface area contributed by atoms with Crippen LogP contribution < -0.4 is 0 Å². The number of rotatable bonds is 3. The molecular weight excluding hydrogens is 298 g/mol. The number of methoxy groups -OCH3 is 1. The van der Waals surface area contributed by atoms with Crippen molar-refractivity contribution in [2.45, 2.75) is 64.4 Å². The van der Waals surface area contributed by atoms with Crippen molar-refractivity contribution in [2.24, 2.45) is 35.0 Å². The lowest BCUT2D eigenvalue weighted by molar-refractivity contribution is -0.114. The molecule has 0 aromatic rings. The van der Waals surface area contributed by atoms with E-state index in [-0.39, 0.29) is 5.41 Å². The fourth-order valence-electron chi connectivity index (χ4n) is 6.72. The van der Waals surface area contributed by atoms with Gasteiger partial charge in [-0.25, -0.2) is 0 Å². The summed E-state index contributed by atoms with van der Waals surface area (Å²) in [6.45, 7) is 2.81. The second-order valence-corrected chi connectivity index (χ2v) is 8.95. The molecule has 0 amide bonds. The number of allylic oxidation sites excluding steroid dienone is 2. The molecule has 0 bridgehead atoms. The minimum atomic E-state index is 0.182. The van der Waals surface area contributed by atoms with Gasteiger partial charge in [0.2, 0.25) is 0 Å². The number of nitrogens with zero attached hydrogens (tertiary/aromatic N) is 1. The van der Waals surface area contributed by atoms with Gasteiger partial charge >= 0.3 is 0 Å². The van der Waals surface area contributed by atoms with Crippen LogP contribution in [-0.2, 0) is 9.47 Å². The van der Waals surface area contributed by atoms with E-state index in [4.69, 9.17) is 9.47 Å². The lowest BCUT2D eigenvalue weighted by Crippen LogP contribution is -2.47. The van der Waals surface area contributed by atoms with Crippen LogP contribution in [0.1, 0.15) is 58.3 Å². The largest absolute Gasteiger partial charge is 0.359 e. The van der Waals surface area contributed by atoms with Crippen molar-refractivity contribution in [2.75, 3.05) is 13.9 Å². The molecule has 0 N–H and O–H groups in total. The van der Waals surface area contributed by atoms with Gasteiger partial charge in [-0.15, -0.1) is 0 Å². The Morgan fingerprint density at radius 1 is 1.17 bits per heavy atom. The van der Waals surface area contributed by atoms with Gasteiger partial charge in [-0.2, -0.15) is 5.26 Å². The maximum atomic E-state index is 9.51. The van der Waals surface area contributed by atoms with Gasteiger partial charge in [0.15, 0.2) is 0 Å². The molecule has 7 atom stereocenters. The van der Waals surface area contributed by atoms with Gasteiger partial charge in [0, 0.05) is 18.1 Å². The van der Waals surface area contributed by atoms with E-state index in [2.05, 4.69) is 19.1 Å². The molecule has 4 rings (SSSR count). The highest BCUT2D eigenvalue weighted by molar-refractivity contribution is 5.35. The summed E-state index contributed by atoms with van der Waals surface area (Å²) >= 11 is 0. The van der Waals surface area contributed by atoms with Crippen LogP contribution in [0, 0.1) is 46.3 Å². The quantitative estimate of drug-likeness (QED) is 0.706. The highest BCUT2D eigenvalue weighted by Crippen LogP contribution is 2.61. The van der Waals surface area contributed by atoms with Crippen molar-refractivity contribution in [3.8, 4) is 6.07 Å². The molecule has 4 aliphatic carbocycles. The summed E-state index contributed by atoms with van der Waals surface area (Å²) in [6, 6.07) is 2.51. The Morgan fingerprint density at radius 3 is 2.79 bits per heavy atom. The maximum absolute atomic E-state index is 9.51. The maximum Gasteiger partial charge on any atom is 0.146 e. The van der Waals surface area contributed by atoms with E-state index in [0.717, 1.165) is 41.6 Å². The van der Waals surface area contributed by atoms with Crippen molar-refractivity contribution in [3.05, 3.63) is 11.6 Å². The van der Waals surface area contributed by atoms with Gasteiger partial charge in [-0.3, -0.25) is 0 Å². The molecule has 0 aromatic heterocycles.